The highest BCUT2D eigenvalue weighted by atomic mass is 35.5. The van der Waals surface area contributed by atoms with Crippen molar-refractivity contribution in [2.45, 2.75) is 30.3 Å². The largest absolute Gasteiger partial charge is 0.265 e. The molecule has 23 heavy (non-hydrogen) atoms. The molecule has 1 aliphatic carbocycles. The van der Waals surface area contributed by atoms with E-state index >= 15 is 0 Å². The van der Waals surface area contributed by atoms with Gasteiger partial charge >= 0.3 is 0 Å². The van der Waals surface area contributed by atoms with Crippen LogP contribution in [0.3, 0.4) is 0 Å². The molecule has 0 atom stereocenters. The second kappa shape index (κ2) is 6.28. The van der Waals surface area contributed by atoms with Gasteiger partial charge in [-0.1, -0.05) is 11.6 Å². The van der Waals surface area contributed by atoms with Gasteiger partial charge in [0.1, 0.15) is 6.07 Å². The highest BCUT2D eigenvalue weighted by molar-refractivity contribution is 7.89. The van der Waals surface area contributed by atoms with E-state index < -0.39 is 10.0 Å². The van der Waals surface area contributed by atoms with Crippen LogP contribution in [0.5, 0.6) is 0 Å². The lowest BCUT2D eigenvalue weighted by Crippen LogP contribution is -2.32. The van der Waals surface area contributed by atoms with Crippen molar-refractivity contribution >= 4 is 21.6 Å². The molecule has 1 fully saturated rings. The van der Waals surface area contributed by atoms with Crippen molar-refractivity contribution in [3.05, 3.63) is 58.9 Å². The van der Waals surface area contributed by atoms with Crippen LogP contribution in [0.15, 0.2) is 47.6 Å². The van der Waals surface area contributed by atoms with E-state index in [1.54, 1.807) is 24.5 Å². The lowest BCUT2D eigenvalue weighted by molar-refractivity contribution is 0.398. The third kappa shape index (κ3) is 3.37. The molecular weight excluding hydrogens is 334 g/mol. The minimum Gasteiger partial charge on any atom is -0.265 e. The van der Waals surface area contributed by atoms with Gasteiger partial charge in [-0.15, -0.1) is 0 Å². The van der Waals surface area contributed by atoms with Gasteiger partial charge in [-0.05, 0) is 48.7 Å². The standard InChI is InChI=1S/C16H14ClN3O2S/c17-16-9-15(4-1-13(16)10-18)23(21,22)20(14-2-3-14)11-12-5-7-19-8-6-12/h1,4-9,14H,2-3,11H2. The summed E-state index contributed by atoms with van der Waals surface area (Å²) in [5.74, 6) is 0. The zero-order valence-corrected chi connectivity index (χ0v) is 13.8. The van der Waals surface area contributed by atoms with E-state index in [4.69, 9.17) is 16.9 Å². The molecule has 1 saturated carbocycles. The van der Waals surface area contributed by atoms with Gasteiger partial charge in [0.25, 0.3) is 0 Å². The lowest BCUT2D eigenvalue weighted by Gasteiger charge is -2.22. The number of hydrogen-bond acceptors (Lipinski definition) is 4. The number of rotatable bonds is 5. The normalized spacial score (nSPS) is 14.7. The average Bonchev–Trinajstić information content (AvgIpc) is 3.38. The number of hydrogen-bond donors (Lipinski definition) is 0. The van der Waals surface area contributed by atoms with E-state index in [1.165, 1.54) is 22.5 Å². The predicted octanol–water partition coefficient (Wildman–Crippen LogP) is 2.96. The summed E-state index contributed by atoms with van der Waals surface area (Å²) in [4.78, 5) is 4.06. The van der Waals surface area contributed by atoms with E-state index in [-0.39, 0.29) is 21.5 Å². The molecule has 118 valence electrons. The molecule has 0 amide bonds. The molecule has 5 nitrogen and oxygen atoms in total. The van der Waals surface area contributed by atoms with Crippen LogP contribution in [-0.2, 0) is 16.6 Å². The minimum absolute atomic E-state index is 0.0163. The van der Waals surface area contributed by atoms with Gasteiger partial charge in [-0.2, -0.15) is 9.57 Å². The van der Waals surface area contributed by atoms with E-state index in [2.05, 4.69) is 4.98 Å². The summed E-state index contributed by atoms with van der Waals surface area (Å²) in [6.45, 7) is 0.299. The fourth-order valence-electron chi connectivity index (χ4n) is 2.32. The van der Waals surface area contributed by atoms with Crippen molar-refractivity contribution in [2.75, 3.05) is 0 Å². The van der Waals surface area contributed by atoms with E-state index in [1.807, 2.05) is 6.07 Å². The Morgan fingerprint density at radius 3 is 2.52 bits per heavy atom. The molecular formula is C16H14ClN3O2S. The topological polar surface area (TPSA) is 74.1 Å². The molecule has 1 aromatic heterocycles. The zero-order chi connectivity index (χ0) is 16.4. The molecule has 0 unspecified atom stereocenters. The average molecular weight is 348 g/mol. The maximum absolute atomic E-state index is 12.9. The Morgan fingerprint density at radius 2 is 1.96 bits per heavy atom. The predicted molar refractivity (Wildman–Crippen MR) is 86.2 cm³/mol. The second-order valence-electron chi connectivity index (χ2n) is 5.39. The Kier molecular flexibility index (Phi) is 4.35. The van der Waals surface area contributed by atoms with Crippen LogP contribution in [0.4, 0.5) is 0 Å². The van der Waals surface area contributed by atoms with Gasteiger partial charge < -0.3 is 0 Å². The molecule has 0 radical (unpaired) electrons. The van der Waals surface area contributed by atoms with Crippen LogP contribution < -0.4 is 0 Å². The molecule has 0 aliphatic heterocycles. The van der Waals surface area contributed by atoms with Crippen molar-refractivity contribution in [2.24, 2.45) is 0 Å². The Bertz CT molecular complexity index is 859. The summed E-state index contributed by atoms with van der Waals surface area (Å²) < 4.78 is 27.4. The Morgan fingerprint density at radius 1 is 1.26 bits per heavy atom. The molecule has 0 spiro atoms. The highest BCUT2D eigenvalue weighted by Gasteiger charge is 2.38. The first-order chi connectivity index (χ1) is 11.0. The fourth-order valence-corrected chi connectivity index (χ4v) is 4.31. The molecule has 0 bridgehead atoms. The van der Waals surface area contributed by atoms with E-state index in [9.17, 15) is 8.42 Å². The van der Waals surface area contributed by atoms with Gasteiger partial charge in [-0.3, -0.25) is 4.98 Å². The van der Waals surface area contributed by atoms with Crippen LogP contribution in [-0.4, -0.2) is 23.7 Å². The molecule has 0 saturated heterocycles. The van der Waals surface area contributed by atoms with E-state index in [0.717, 1.165) is 18.4 Å². The number of aromatic nitrogens is 1. The molecule has 3 rings (SSSR count). The molecule has 1 heterocycles. The first-order valence-corrected chi connectivity index (χ1v) is 8.94. The third-order valence-corrected chi connectivity index (χ3v) is 5.92. The molecule has 2 aromatic rings. The highest BCUT2D eigenvalue weighted by Crippen LogP contribution is 2.34. The maximum atomic E-state index is 12.9. The zero-order valence-electron chi connectivity index (χ0n) is 12.2. The van der Waals surface area contributed by atoms with Crippen molar-refractivity contribution in [1.82, 2.24) is 9.29 Å². The van der Waals surface area contributed by atoms with Crippen LogP contribution in [0.25, 0.3) is 0 Å². The summed E-state index contributed by atoms with van der Waals surface area (Å²) >= 11 is 5.98. The number of pyridine rings is 1. The van der Waals surface area contributed by atoms with Gasteiger partial charge in [0, 0.05) is 25.0 Å². The van der Waals surface area contributed by atoms with E-state index in [0.29, 0.717) is 6.54 Å². The minimum atomic E-state index is -3.66. The fraction of sp³-hybridized carbons (Fsp3) is 0.250. The SMILES string of the molecule is N#Cc1ccc(S(=O)(=O)N(Cc2ccncc2)C2CC2)cc1Cl. The van der Waals surface area contributed by atoms with Crippen molar-refractivity contribution in [3.8, 4) is 6.07 Å². The second-order valence-corrected chi connectivity index (χ2v) is 7.69. The quantitative estimate of drug-likeness (QED) is 0.833. The van der Waals surface area contributed by atoms with Gasteiger partial charge in [0.2, 0.25) is 10.0 Å². The maximum Gasteiger partial charge on any atom is 0.243 e. The summed E-state index contributed by atoms with van der Waals surface area (Å²) in [6, 6.07) is 9.77. The molecule has 7 heteroatoms. The van der Waals surface area contributed by atoms with Crippen molar-refractivity contribution in [1.29, 1.82) is 5.26 Å². The van der Waals surface area contributed by atoms with Gasteiger partial charge in [0.05, 0.1) is 15.5 Å². The van der Waals surface area contributed by atoms with Crippen molar-refractivity contribution in [3.63, 3.8) is 0 Å². The van der Waals surface area contributed by atoms with Crippen LogP contribution in [0.1, 0.15) is 24.0 Å². The number of sulfonamides is 1. The van der Waals surface area contributed by atoms with Crippen LogP contribution in [0.2, 0.25) is 5.02 Å². The van der Waals surface area contributed by atoms with Crippen LogP contribution >= 0.6 is 11.6 Å². The summed E-state index contributed by atoms with van der Waals surface area (Å²) in [7, 11) is -3.66. The summed E-state index contributed by atoms with van der Waals surface area (Å²) in [5.41, 5.74) is 1.15. The monoisotopic (exact) mass is 347 g/mol. The van der Waals surface area contributed by atoms with Gasteiger partial charge in [0.15, 0.2) is 0 Å². The Balaban J connectivity index is 1.95. The summed E-state index contributed by atoms with van der Waals surface area (Å²) in [6.07, 6.45) is 5.00. The summed E-state index contributed by atoms with van der Waals surface area (Å²) in [5, 5.41) is 9.06. The Hall–Kier alpha value is -1.94. The first kappa shape index (κ1) is 15.9. The smallest absolute Gasteiger partial charge is 0.243 e. The Labute approximate surface area is 140 Å². The number of nitriles is 1. The number of benzene rings is 1. The van der Waals surface area contributed by atoms with Crippen molar-refractivity contribution < 1.29 is 8.42 Å². The lowest BCUT2D eigenvalue weighted by atomic mass is 10.2. The number of nitrogens with zero attached hydrogens (tertiary/aromatic N) is 3. The van der Waals surface area contributed by atoms with Gasteiger partial charge in [-0.25, -0.2) is 8.42 Å². The number of halogens is 1. The molecule has 1 aliphatic rings. The first-order valence-electron chi connectivity index (χ1n) is 7.13. The van der Waals surface area contributed by atoms with Crippen LogP contribution in [0, 0.1) is 11.3 Å². The molecule has 1 aromatic carbocycles. The molecule has 0 N–H and O–H groups in total. The third-order valence-electron chi connectivity index (χ3n) is 3.71.